The third-order valence-electron chi connectivity index (χ3n) is 4.29. The number of rotatable bonds is 3. The number of nitrogens with zero attached hydrogens (tertiary/aromatic N) is 3. The molecule has 2 aromatic rings. The van der Waals surface area contributed by atoms with Crippen LogP contribution in [0.4, 0.5) is 0 Å². The van der Waals surface area contributed by atoms with Crippen molar-refractivity contribution in [1.82, 2.24) is 14.5 Å². The van der Waals surface area contributed by atoms with Gasteiger partial charge in [0.25, 0.3) is 5.56 Å². The molecule has 0 unspecified atom stereocenters. The Balaban J connectivity index is 1.69. The molecular formula is C17H18N4O2. The Morgan fingerprint density at radius 1 is 1.17 bits per heavy atom. The van der Waals surface area contributed by atoms with Crippen molar-refractivity contribution in [2.24, 2.45) is 0 Å². The fraction of sp³-hybridized carbons (Fsp3) is 0.353. The molecule has 0 amide bonds. The highest BCUT2D eigenvalue weighted by atomic mass is 16.2. The van der Waals surface area contributed by atoms with Crippen molar-refractivity contribution < 1.29 is 0 Å². The number of likely N-dealkylation sites (tertiary alicyclic amines) is 1. The molecule has 0 bridgehead atoms. The molecule has 0 aliphatic carbocycles. The van der Waals surface area contributed by atoms with Gasteiger partial charge < -0.3 is 0 Å². The van der Waals surface area contributed by atoms with E-state index in [1.54, 1.807) is 0 Å². The number of aromatic nitrogens is 2. The van der Waals surface area contributed by atoms with Crippen molar-refractivity contribution in [2.45, 2.75) is 25.4 Å². The van der Waals surface area contributed by atoms with Crippen LogP contribution in [0.15, 0.2) is 46.1 Å². The molecule has 1 aliphatic rings. The highest BCUT2D eigenvalue weighted by Gasteiger charge is 2.22. The van der Waals surface area contributed by atoms with Crippen LogP contribution in [0.2, 0.25) is 0 Å². The van der Waals surface area contributed by atoms with E-state index >= 15 is 0 Å². The largest absolute Gasteiger partial charge is 0.328 e. The topological polar surface area (TPSA) is 81.9 Å². The third kappa shape index (κ3) is 3.41. The summed E-state index contributed by atoms with van der Waals surface area (Å²) >= 11 is 0. The lowest BCUT2D eigenvalue weighted by atomic mass is 10.0. The van der Waals surface area contributed by atoms with Gasteiger partial charge in [0.05, 0.1) is 0 Å². The molecule has 118 valence electrons. The van der Waals surface area contributed by atoms with E-state index in [1.807, 2.05) is 24.3 Å². The van der Waals surface area contributed by atoms with E-state index in [4.69, 9.17) is 5.26 Å². The molecule has 1 saturated heterocycles. The predicted molar refractivity (Wildman–Crippen MR) is 86.0 cm³/mol. The van der Waals surface area contributed by atoms with Gasteiger partial charge in [0.2, 0.25) is 0 Å². The zero-order chi connectivity index (χ0) is 16.2. The molecule has 0 atom stereocenters. The summed E-state index contributed by atoms with van der Waals surface area (Å²) < 4.78 is 1.50. The first kappa shape index (κ1) is 15.3. The summed E-state index contributed by atoms with van der Waals surface area (Å²) in [6.07, 6.45) is 3.03. The van der Waals surface area contributed by atoms with Crippen molar-refractivity contribution in [1.29, 1.82) is 5.26 Å². The van der Waals surface area contributed by atoms with Gasteiger partial charge in [-0.3, -0.25) is 19.2 Å². The number of hydrogen-bond donors (Lipinski definition) is 1. The van der Waals surface area contributed by atoms with Crippen molar-refractivity contribution in [3.63, 3.8) is 0 Å². The maximum absolute atomic E-state index is 12.0. The number of piperidine rings is 1. The standard InChI is InChI=1S/C17H18N4O2/c18-10-14-12-21(17(23)19-16(14)22)15-6-8-20(9-7-15)11-13-4-2-1-3-5-13/h1-5,12,15H,6-9,11H2,(H,19,22,23). The van der Waals surface area contributed by atoms with Gasteiger partial charge in [-0.25, -0.2) is 4.79 Å². The quantitative estimate of drug-likeness (QED) is 0.925. The number of hydrogen-bond acceptors (Lipinski definition) is 4. The van der Waals surface area contributed by atoms with Gasteiger partial charge in [-0.2, -0.15) is 5.26 Å². The number of H-pyrrole nitrogens is 1. The first-order valence-corrected chi connectivity index (χ1v) is 7.69. The Labute approximate surface area is 133 Å². The van der Waals surface area contributed by atoms with E-state index in [1.165, 1.54) is 16.3 Å². The zero-order valence-electron chi connectivity index (χ0n) is 12.7. The fourth-order valence-electron chi connectivity index (χ4n) is 3.03. The van der Waals surface area contributed by atoms with Crippen LogP contribution >= 0.6 is 0 Å². The Bertz CT molecular complexity index is 824. The van der Waals surface area contributed by atoms with E-state index in [0.29, 0.717) is 0 Å². The minimum Gasteiger partial charge on any atom is -0.299 e. The molecule has 0 saturated carbocycles. The molecule has 1 fully saturated rings. The van der Waals surface area contributed by atoms with E-state index in [9.17, 15) is 9.59 Å². The first-order valence-electron chi connectivity index (χ1n) is 7.69. The number of benzene rings is 1. The summed E-state index contributed by atoms with van der Waals surface area (Å²) in [6.45, 7) is 2.66. The molecule has 3 rings (SSSR count). The normalized spacial score (nSPS) is 16.1. The number of nitrogens with one attached hydrogen (secondary N) is 1. The summed E-state index contributed by atoms with van der Waals surface area (Å²) in [4.78, 5) is 28.0. The average molecular weight is 310 g/mol. The first-order chi connectivity index (χ1) is 11.2. The average Bonchev–Trinajstić information content (AvgIpc) is 2.57. The third-order valence-corrected chi connectivity index (χ3v) is 4.29. The van der Waals surface area contributed by atoms with Crippen LogP contribution in [0, 0.1) is 11.3 Å². The second kappa shape index (κ2) is 6.63. The molecule has 0 radical (unpaired) electrons. The highest BCUT2D eigenvalue weighted by molar-refractivity contribution is 5.22. The van der Waals surface area contributed by atoms with Crippen LogP contribution in [0.1, 0.15) is 30.0 Å². The fourth-order valence-corrected chi connectivity index (χ4v) is 3.03. The lowest BCUT2D eigenvalue weighted by Gasteiger charge is -2.32. The van der Waals surface area contributed by atoms with Crippen LogP contribution in [-0.2, 0) is 6.54 Å². The molecule has 1 N–H and O–H groups in total. The minimum absolute atomic E-state index is 0.0173. The van der Waals surface area contributed by atoms with Gasteiger partial charge in [0.15, 0.2) is 0 Å². The van der Waals surface area contributed by atoms with Crippen molar-refractivity contribution in [2.75, 3.05) is 13.1 Å². The molecule has 23 heavy (non-hydrogen) atoms. The van der Waals surface area contributed by atoms with Gasteiger partial charge in [-0.1, -0.05) is 30.3 Å². The van der Waals surface area contributed by atoms with E-state index in [2.05, 4.69) is 22.0 Å². The van der Waals surface area contributed by atoms with Gasteiger partial charge in [0.1, 0.15) is 11.6 Å². The van der Waals surface area contributed by atoms with Gasteiger partial charge in [0, 0.05) is 31.9 Å². The Morgan fingerprint density at radius 3 is 2.52 bits per heavy atom. The highest BCUT2D eigenvalue weighted by Crippen LogP contribution is 2.22. The lowest BCUT2D eigenvalue weighted by molar-refractivity contribution is 0.177. The van der Waals surface area contributed by atoms with Gasteiger partial charge in [-0.15, -0.1) is 0 Å². The van der Waals surface area contributed by atoms with Crippen molar-refractivity contribution >= 4 is 0 Å². The van der Waals surface area contributed by atoms with Gasteiger partial charge in [-0.05, 0) is 18.4 Å². The summed E-state index contributed by atoms with van der Waals surface area (Å²) in [6, 6.07) is 12.1. The summed E-state index contributed by atoms with van der Waals surface area (Å²) in [5.41, 5.74) is 0.209. The molecular weight excluding hydrogens is 292 g/mol. The lowest BCUT2D eigenvalue weighted by Crippen LogP contribution is -2.39. The second-order valence-corrected chi connectivity index (χ2v) is 5.81. The van der Waals surface area contributed by atoms with Crippen molar-refractivity contribution in [3.8, 4) is 6.07 Å². The Hall–Kier alpha value is -2.65. The van der Waals surface area contributed by atoms with E-state index in [0.717, 1.165) is 32.5 Å². The maximum atomic E-state index is 12.0. The SMILES string of the molecule is N#Cc1cn(C2CCN(Cc3ccccc3)CC2)c(=O)[nH]c1=O. The second-order valence-electron chi connectivity index (χ2n) is 5.81. The Kier molecular flexibility index (Phi) is 4.40. The summed E-state index contributed by atoms with van der Waals surface area (Å²) in [5.74, 6) is 0. The van der Waals surface area contributed by atoms with Crippen LogP contribution in [0.3, 0.4) is 0 Å². The van der Waals surface area contributed by atoms with Crippen LogP contribution in [-0.4, -0.2) is 27.5 Å². The number of aromatic amines is 1. The molecule has 6 nitrogen and oxygen atoms in total. The van der Waals surface area contributed by atoms with Crippen LogP contribution in [0.5, 0.6) is 0 Å². The molecule has 1 aromatic heterocycles. The minimum atomic E-state index is -0.615. The van der Waals surface area contributed by atoms with E-state index < -0.39 is 11.2 Å². The monoisotopic (exact) mass is 310 g/mol. The van der Waals surface area contributed by atoms with E-state index in [-0.39, 0.29) is 11.6 Å². The molecule has 2 heterocycles. The molecule has 1 aromatic carbocycles. The summed E-state index contributed by atoms with van der Waals surface area (Å²) in [5, 5.41) is 8.94. The predicted octanol–water partition coefficient (Wildman–Crippen LogP) is 1.25. The maximum Gasteiger partial charge on any atom is 0.328 e. The molecule has 0 spiro atoms. The number of nitriles is 1. The molecule has 1 aliphatic heterocycles. The smallest absolute Gasteiger partial charge is 0.299 e. The van der Waals surface area contributed by atoms with Gasteiger partial charge >= 0.3 is 5.69 Å². The van der Waals surface area contributed by atoms with Crippen molar-refractivity contribution in [3.05, 3.63) is 68.5 Å². The van der Waals surface area contributed by atoms with Crippen LogP contribution < -0.4 is 11.2 Å². The van der Waals surface area contributed by atoms with Crippen LogP contribution in [0.25, 0.3) is 0 Å². The summed E-state index contributed by atoms with van der Waals surface area (Å²) in [7, 11) is 0. The zero-order valence-corrected chi connectivity index (χ0v) is 12.7. The Morgan fingerprint density at radius 2 is 1.87 bits per heavy atom. The molecule has 6 heteroatoms.